The van der Waals surface area contributed by atoms with Gasteiger partial charge in [-0.25, -0.2) is 4.98 Å². The van der Waals surface area contributed by atoms with Gasteiger partial charge in [0.05, 0.1) is 17.8 Å². The van der Waals surface area contributed by atoms with Crippen molar-refractivity contribution in [2.24, 2.45) is 13.0 Å². The van der Waals surface area contributed by atoms with Crippen LogP contribution in [0.15, 0.2) is 24.8 Å². The van der Waals surface area contributed by atoms with Crippen LogP contribution in [0.2, 0.25) is 0 Å². The Hall–Kier alpha value is -2.15. The number of nitrogens with one attached hydrogen (secondary N) is 1. The third-order valence-corrected chi connectivity index (χ3v) is 3.77. The number of aromatic nitrogens is 4. The number of hydrogen-bond donors (Lipinski definition) is 1. The molecule has 1 amide bonds. The lowest BCUT2D eigenvalue weighted by molar-refractivity contribution is -0.121. The van der Waals surface area contributed by atoms with Gasteiger partial charge in [0.15, 0.2) is 0 Å². The highest BCUT2D eigenvalue weighted by molar-refractivity contribution is 5.92. The summed E-state index contributed by atoms with van der Waals surface area (Å²) in [5.41, 5.74) is 0.715. The molecule has 1 fully saturated rings. The van der Waals surface area contributed by atoms with Crippen molar-refractivity contribution in [3.05, 3.63) is 30.6 Å². The minimum absolute atomic E-state index is 0.0452. The molecular weight excluding hydrogens is 270 g/mol. The average molecular weight is 289 g/mol. The van der Waals surface area contributed by atoms with E-state index in [9.17, 15) is 4.79 Å². The minimum Gasteiger partial charge on any atom is -0.369 e. The quantitative estimate of drug-likeness (QED) is 0.922. The molecular formula is C14H19N5O2. The summed E-state index contributed by atoms with van der Waals surface area (Å²) in [5.74, 6) is 0.518. The number of rotatable bonds is 4. The van der Waals surface area contributed by atoms with Gasteiger partial charge >= 0.3 is 0 Å². The first-order chi connectivity index (χ1) is 10.2. The first kappa shape index (κ1) is 13.8. The molecule has 2 aromatic heterocycles. The van der Waals surface area contributed by atoms with E-state index in [0.717, 1.165) is 12.4 Å². The van der Waals surface area contributed by atoms with Gasteiger partial charge in [-0.2, -0.15) is 5.10 Å². The number of carbonyl (C=O) groups is 1. The maximum Gasteiger partial charge on any atom is 0.230 e. The van der Waals surface area contributed by atoms with E-state index in [-0.39, 0.29) is 17.9 Å². The first-order valence-electron chi connectivity index (χ1n) is 7.11. The van der Waals surface area contributed by atoms with Crippen molar-refractivity contribution in [1.82, 2.24) is 19.3 Å². The Morgan fingerprint density at radius 1 is 1.57 bits per heavy atom. The Kier molecular flexibility index (Phi) is 3.74. The average Bonchev–Trinajstić information content (AvgIpc) is 3.17. The van der Waals surface area contributed by atoms with Gasteiger partial charge in [-0.15, -0.1) is 0 Å². The van der Waals surface area contributed by atoms with E-state index >= 15 is 0 Å². The van der Waals surface area contributed by atoms with E-state index in [2.05, 4.69) is 15.4 Å². The van der Waals surface area contributed by atoms with Gasteiger partial charge in [-0.1, -0.05) is 0 Å². The van der Waals surface area contributed by atoms with Crippen LogP contribution in [0.5, 0.6) is 0 Å². The molecule has 21 heavy (non-hydrogen) atoms. The van der Waals surface area contributed by atoms with Crippen molar-refractivity contribution in [2.45, 2.75) is 26.0 Å². The standard InChI is InChI=1S/C14H19N5O2/c1-3-19-9-10(8-16-19)17-14(20)11-4-7-21-12(11)13-15-5-6-18(13)2/h5-6,8-9,11-12H,3-4,7H2,1-2H3,(H,17,20)/t11-,12-/m1/s1. The molecule has 1 saturated heterocycles. The summed E-state index contributed by atoms with van der Waals surface area (Å²) < 4.78 is 9.38. The molecule has 2 atom stereocenters. The fraction of sp³-hybridized carbons (Fsp3) is 0.500. The lowest BCUT2D eigenvalue weighted by Gasteiger charge is -2.17. The minimum atomic E-state index is -0.286. The van der Waals surface area contributed by atoms with Crippen molar-refractivity contribution in [3.63, 3.8) is 0 Å². The van der Waals surface area contributed by atoms with E-state index in [1.54, 1.807) is 17.1 Å². The molecule has 3 heterocycles. The van der Waals surface area contributed by atoms with Crippen molar-refractivity contribution < 1.29 is 9.53 Å². The lowest BCUT2D eigenvalue weighted by atomic mass is 10.00. The second kappa shape index (κ2) is 5.69. The molecule has 0 unspecified atom stereocenters. The SMILES string of the molecule is CCn1cc(NC(=O)[C@@H]2CCO[C@H]2c2nccn2C)cn1. The van der Waals surface area contributed by atoms with Crippen LogP contribution in [-0.2, 0) is 23.1 Å². The van der Waals surface area contributed by atoms with Gasteiger partial charge in [-0.3, -0.25) is 9.48 Å². The predicted octanol–water partition coefficient (Wildman–Crippen LogP) is 1.35. The van der Waals surface area contributed by atoms with Crippen LogP contribution in [0, 0.1) is 5.92 Å². The number of carbonyl (C=O) groups excluding carboxylic acids is 1. The smallest absolute Gasteiger partial charge is 0.230 e. The molecule has 0 bridgehead atoms. The fourth-order valence-corrected chi connectivity index (χ4v) is 2.60. The number of nitrogens with zero attached hydrogens (tertiary/aromatic N) is 4. The maximum atomic E-state index is 12.5. The van der Waals surface area contributed by atoms with Gasteiger partial charge in [0.2, 0.25) is 5.91 Å². The molecule has 0 saturated carbocycles. The van der Waals surface area contributed by atoms with E-state index in [4.69, 9.17) is 4.74 Å². The molecule has 0 radical (unpaired) electrons. The molecule has 1 aliphatic rings. The molecule has 1 aliphatic heterocycles. The van der Waals surface area contributed by atoms with Crippen molar-refractivity contribution in [3.8, 4) is 0 Å². The summed E-state index contributed by atoms with van der Waals surface area (Å²) in [6.45, 7) is 3.35. The number of imidazole rings is 1. The lowest BCUT2D eigenvalue weighted by Crippen LogP contribution is -2.26. The summed E-state index contributed by atoms with van der Waals surface area (Å²) in [5, 5.41) is 7.06. The first-order valence-corrected chi connectivity index (χ1v) is 7.11. The summed E-state index contributed by atoms with van der Waals surface area (Å²) >= 11 is 0. The van der Waals surface area contributed by atoms with Gasteiger partial charge < -0.3 is 14.6 Å². The van der Waals surface area contributed by atoms with Crippen molar-refractivity contribution >= 4 is 11.6 Å². The zero-order valence-corrected chi connectivity index (χ0v) is 12.2. The van der Waals surface area contributed by atoms with E-state index < -0.39 is 0 Å². The molecule has 3 rings (SSSR count). The number of amides is 1. The molecule has 7 nitrogen and oxygen atoms in total. The molecule has 0 spiro atoms. The van der Waals surface area contributed by atoms with Crippen LogP contribution < -0.4 is 5.32 Å². The molecule has 112 valence electrons. The van der Waals surface area contributed by atoms with Crippen LogP contribution in [0.1, 0.15) is 25.3 Å². The van der Waals surface area contributed by atoms with Crippen LogP contribution in [0.25, 0.3) is 0 Å². The Morgan fingerprint density at radius 2 is 2.43 bits per heavy atom. The van der Waals surface area contributed by atoms with Crippen LogP contribution >= 0.6 is 0 Å². The van der Waals surface area contributed by atoms with Gasteiger partial charge in [0, 0.05) is 38.8 Å². The molecule has 0 aromatic carbocycles. The molecule has 0 aliphatic carbocycles. The summed E-state index contributed by atoms with van der Waals surface area (Å²) in [6, 6.07) is 0. The zero-order valence-electron chi connectivity index (χ0n) is 12.2. The highest BCUT2D eigenvalue weighted by Crippen LogP contribution is 2.34. The van der Waals surface area contributed by atoms with Gasteiger partial charge in [-0.05, 0) is 13.3 Å². The highest BCUT2D eigenvalue weighted by Gasteiger charge is 2.37. The second-order valence-corrected chi connectivity index (χ2v) is 5.16. The topological polar surface area (TPSA) is 74.0 Å². The summed E-state index contributed by atoms with van der Waals surface area (Å²) in [6.07, 6.45) is 7.47. The number of anilines is 1. The highest BCUT2D eigenvalue weighted by atomic mass is 16.5. The predicted molar refractivity (Wildman–Crippen MR) is 76.5 cm³/mol. The number of hydrogen-bond acceptors (Lipinski definition) is 4. The third kappa shape index (κ3) is 2.69. The zero-order chi connectivity index (χ0) is 14.8. The summed E-state index contributed by atoms with van der Waals surface area (Å²) in [4.78, 5) is 16.8. The van der Waals surface area contributed by atoms with Gasteiger partial charge in [0.1, 0.15) is 11.9 Å². The Balaban J connectivity index is 1.73. The van der Waals surface area contributed by atoms with E-state index in [0.29, 0.717) is 18.7 Å². The normalized spacial score (nSPS) is 21.6. The number of ether oxygens (including phenoxy) is 1. The Labute approximate surface area is 122 Å². The molecule has 2 aromatic rings. The number of aryl methyl sites for hydroxylation is 2. The largest absolute Gasteiger partial charge is 0.369 e. The second-order valence-electron chi connectivity index (χ2n) is 5.16. The third-order valence-electron chi connectivity index (χ3n) is 3.77. The van der Waals surface area contributed by atoms with Crippen LogP contribution in [0.3, 0.4) is 0 Å². The Morgan fingerprint density at radius 3 is 3.10 bits per heavy atom. The van der Waals surface area contributed by atoms with Crippen LogP contribution in [0.4, 0.5) is 5.69 Å². The Bertz CT molecular complexity index is 633. The van der Waals surface area contributed by atoms with E-state index in [1.165, 1.54) is 0 Å². The van der Waals surface area contributed by atoms with Crippen LogP contribution in [-0.4, -0.2) is 31.8 Å². The summed E-state index contributed by atoms with van der Waals surface area (Å²) in [7, 11) is 1.91. The molecule has 7 heteroatoms. The van der Waals surface area contributed by atoms with E-state index in [1.807, 2.05) is 30.9 Å². The molecule has 1 N–H and O–H groups in total. The van der Waals surface area contributed by atoms with Crippen molar-refractivity contribution in [1.29, 1.82) is 0 Å². The monoisotopic (exact) mass is 289 g/mol. The fourth-order valence-electron chi connectivity index (χ4n) is 2.60. The van der Waals surface area contributed by atoms with Crippen molar-refractivity contribution in [2.75, 3.05) is 11.9 Å². The van der Waals surface area contributed by atoms with Gasteiger partial charge in [0.25, 0.3) is 0 Å². The maximum absolute atomic E-state index is 12.5.